The zero-order valence-electron chi connectivity index (χ0n) is 9.47. The predicted molar refractivity (Wildman–Crippen MR) is 66.4 cm³/mol. The van der Waals surface area contributed by atoms with E-state index in [0.717, 1.165) is 37.4 Å². The first-order valence-electron chi connectivity index (χ1n) is 5.75. The number of hydrogen-bond donors (Lipinski definition) is 1. The third-order valence-electron chi connectivity index (χ3n) is 3.05. The average molecular weight is 230 g/mol. The van der Waals surface area contributed by atoms with Crippen LogP contribution in [0.5, 0.6) is 5.75 Å². The Labute approximate surface area is 99.5 Å². The van der Waals surface area contributed by atoms with Crippen molar-refractivity contribution in [3.63, 3.8) is 0 Å². The van der Waals surface area contributed by atoms with Gasteiger partial charge in [0.05, 0.1) is 25.1 Å². The average Bonchev–Trinajstić information content (AvgIpc) is 2.40. The van der Waals surface area contributed by atoms with Gasteiger partial charge in [-0.2, -0.15) is 0 Å². The van der Waals surface area contributed by atoms with E-state index < -0.39 is 0 Å². The Hall–Kier alpha value is -1.81. The molecule has 0 saturated carbocycles. The molecule has 0 bridgehead atoms. The largest absolute Gasteiger partial charge is 0.506 e. The molecule has 88 valence electrons. The van der Waals surface area contributed by atoms with Gasteiger partial charge in [-0.15, -0.1) is 0 Å². The van der Waals surface area contributed by atoms with Gasteiger partial charge in [0, 0.05) is 18.5 Å². The highest BCUT2D eigenvalue weighted by atomic mass is 16.5. The van der Waals surface area contributed by atoms with Crippen LogP contribution in [0.3, 0.4) is 0 Å². The lowest BCUT2D eigenvalue weighted by atomic mass is 10.2. The molecular weight excluding hydrogens is 216 g/mol. The molecule has 1 aliphatic rings. The van der Waals surface area contributed by atoms with E-state index in [1.54, 1.807) is 6.07 Å². The Kier molecular flexibility index (Phi) is 2.57. The summed E-state index contributed by atoms with van der Waals surface area (Å²) in [5.74, 6) is 0.232. The van der Waals surface area contributed by atoms with Gasteiger partial charge in [-0.1, -0.05) is 12.1 Å². The third-order valence-corrected chi connectivity index (χ3v) is 3.05. The molecule has 17 heavy (non-hydrogen) atoms. The summed E-state index contributed by atoms with van der Waals surface area (Å²) in [5.41, 5.74) is 1.75. The van der Waals surface area contributed by atoms with Gasteiger partial charge < -0.3 is 14.7 Å². The lowest BCUT2D eigenvalue weighted by Crippen LogP contribution is -2.36. The van der Waals surface area contributed by atoms with E-state index in [0.29, 0.717) is 5.52 Å². The van der Waals surface area contributed by atoms with Crippen LogP contribution in [-0.2, 0) is 4.74 Å². The maximum absolute atomic E-state index is 9.68. The molecule has 4 nitrogen and oxygen atoms in total. The van der Waals surface area contributed by atoms with Crippen molar-refractivity contribution in [3.8, 4) is 5.75 Å². The van der Waals surface area contributed by atoms with Crippen LogP contribution < -0.4 is 4.90 Å². The number of phenolic OH excluding ortho intramolecular Hbond substituents is 1. The zero-order chi connectivity index (χ0) is 11.7. The summed E-state index contributed by atoms with van der Waals surface area (Å²) in [5, 5.41) is 10.6. The number of para-hydroxylation sites is 1. The number of rotatable bonds is 1. The fourth-order valence-electron chi connectivity index (χ4n) is 2.13. The van der Waals surface area contributed by atoms with Gasteiger partial charge in [0.1, 0.15) is 11.3 Å². The fourth-order valence-corrected chi connectivity index (χ4v) is 2.13. The SMILES string of the molecule is Oc1cccc2cc(N3CCOCC3)cnc12. The van der Waals surface area contributed by atoms with Crippen LogP contribution in [0.4, 0.5) is 5.69 Å². The van der Waals surface area contributed by atoms with E-state index in [4.69, 9.17) is 4.74 Å². The Morgan fingerprint density at radius 2 is 2.06 bits per heavy atom. The number of pyridine rings is 1. The third kappa shape index (κ3) is 1.91. The van der Waals surface area contributed by atoms with Gasteiger partial charge in [0.25, 0.3) is 0 Å². The second-order valence-electron chi connectivity index (χ2n) is 4.14. The van der Waals surface area contributed by atoms with E-state index in [1.165, 1.54) is 0 Å². The van der Waals surface area contributed by atoms with E-state index >= 15 is 0 Å². The summed E-state index contributed by atoms with van der Waals surface area (Å²) in [6.07, 6.45) is 1.81. The Balaban J connectivity index is 2.01. The monoisotopic (exact) mass is 230 g/mol. The van der Waals surface area contributed by atoms with Gasteiger partial charge in [0.2, 0.25) is 0 Å². The molecule has 3 rings (SSSR count). The molecule has 0 atom stereocenters. The summed E-state index contributed by atoms with van der Waals surface area (Å²) in [6.45, 7) is 3.31. The molecule has 0 aliphatic carbocycles. The molecule has 0 unspecified atom stereocenters. The minimum absolute atomic E-state index is 0.232. The number of benzene rings is 1. The molecule has 0 radical (unpaired) electrons. The van der Waals surface area contributed by atoms with Crippen molar-refractivity contribution in [2.45, 2.75) is 0 Å². The maximum atomic E-state index is 9.68. The quantitative estimate of drug-likeness (QED) is 0.811. The first-order chi connectivity index (χ1) is 8.34. The number of aromatic hydroxyl groups is 1. The Bertz CT molecular complexity index is 536. The summed E-state index contributed by atoms with van der Waals surface area (Å²) in [7, 11) is 0. The summed E-state index contributed by atoms with van der Waals surface area (Å²) >= 11 is 0. The summed E-state index contributed by atoms with van der Waals surface area (Å²) in [4.78, 5) is 6.57. The van der Waals surface area contributed by atoms with E-state index in [1.807, 2.05) is 18.3 Å². The highest BCUT2D eigenvalue weighted by molar-refractivity contribution is 5.86. The van der Waals surface area contributed by atoms with Crippen molar-refractivity contribution in [3.05, 3.63) is 30.5 Å². The molecule has 1 aliphatic heterocycles. The van der Waals surface area contributed by atoms with Crippen LogP contribution in [0.15, 0.2) is 30.5 Å². The van der Waals surface area contributed by atoms with Crippen LogP contribution in [0.2, 0.25) is 0 Å². The van der Waals surface area contributed by atoms with E-state index in [9.17, 15) is 5.11 Å². The van der Waals surface area contributed by atoms with Crippen molar-refractivity contribution in [2.24, 2.45) is 0 Å². The molecule has 2 heterocycles. The van der Waals surface area contributed by atoms with Crippen molar-refractivity contribution < 1.29 is 9.84 Å². The molecule has 0 amide bonds. The number of nitrogens with zero attached hydrogens (tertiary/aromatic N) is 2. The molecule has 4 heteroatoms. The maximum Gasteiger partial charge on any atom is 0.141 e. The number of hydrogen-bond acceptors (Lipinski definition) is 4. The van der Waals surface area contributed by atoms with Crippen molar-refractivity contribution in [1.82, 2.24) is 4.98 Å². The smallest absolute Gasteiger partial charge is 0.141 e. The summed E-state index contributed by atoms with van der Waals surface area (Å²) < 4.78 is 5.33. The molecule has 2 aromatic rings. The number of anilines is 1. The fraction of sp³-hybridized carbons (Fsp3) is 0.308. The van der Waals surface area contributed by atoms with Gasteiger partial charge in [-0.05, 0) is 12.1 Å². The van der Waals surface area contributed by atoms with E-state index in [2.05, 4.69) is 16.0 Å². The van der Waals surface area contributed by atoms with Crippen LogP contribution in [0.1, 0.15) is 0 Å². The number of aromatic nitrogens is 1. The van der Waals surface area contributed by atoms with Crippen molar-refractivity contribution in [1.29, 1.82) is 0 Å². The molecule has 1 aromatic heterocycles. The number of fused-ring (bicyclic) bond motifs is 1. The van der Waals surface area contributed by atoms with Crippen LogP contribution in [-0.4, -0.2) is 36.4 Å². The lowest BCUT2D eigenvalue weighted by Gasteiger charge is -2.28. The van der Waals surface area contributed by atoms with Gasteiger partial charge in [-0.25, -0.2) is 0 Å². The second-order valence-corrected chi connectivity index (χ2v) is 4.14. The second kappa shape index (κ2) is 4.22. The molecule has 1 fully saturated rings. The summed E-state index contributed by atoms with van der Waals surface area (Å²) in [6, 6.07) is 7.52. The first kappa shape index (κ1) is 10.4. The topological polar surface area (TPSA) is 45.6 Å². The number of phenols is 1. The van der Waals surface area contributed by atoms with Crippen LogP contribution in [0.25, 0.3) is 10.9 Å². The minimum Gasteiger partial charge on any atom is -0.506 e. The lowest BCUT2D eigenvalue weighted by molar-refractivity contribution is 0.122. The van der Waals surface area contributed by atoms with Crippen LogP contribution in [0, 0.1) is 0 Å². The molecule has 1 aromatic carbocycles. The molecule has 1 saturated heterocycles. The van der Waals surface area contributed by atoms with Gasteiger partial charge in [0.15, 0.2) is 0 Å². The van der Waals surface area contributed by atoms with Gasteiger partial charge in [-0.3, -0.25) is 4.98 Å². The highest BCUT2D eigenvalue weighted by Crippen LogP contribution is 2.26. The minimum atomic E-state index is 0.232. The first-order valence-corrected chi connectivity index (χ1v) is 5.75. The standard InChI is InChI=1S/C13H14N2O2/c16-12-3-1-2-10-8-11(9-14-13(10)12)15-4-6-17-7-5-15/h1-3,8-9,16H,4-7H2. The molecular formula is C13H14N2O2. The zero-order valence-corrected chi connectivity index (χ0v) is 9.47. The predicted octanol–water partition coefficient (Wildman–Crippen LogP) is 1.78. The Morgan fingerprint density at radius 3 is 2.88 bits per heavy atom. The number of ether oxygens (including phenoxy) is 1. The normalized spacial score (nSPS) is 16.4. The van der Waals surface area contributed by atoms with Crippen LogP contribution >= 0.6 is 0 Å². The van der Waals surface area contributed by atoms with E-state index in [-0.39, 0.29) is 5.75 Å². The van der Waals surface area contributed by atoms with Gasteiger partial charge >= 0.3 is 0 Å². The number of morpholine rings is 1. The Morgan fingerprint density at radius 1 is 1.24 bits per heavy atom. The molecule has 0 spiro atoms. The van der Waals surface area contributed by atoms with Crippen molar-refractivity contribution in [2.75, 3.05) is 31.2 Å². The molecule has 1 N–H and O–H groups in total. The highest BCUT2D eigenvalue weighted by Gasteiger charge is 2.12. The van der Waals surface area contributed by atoms with Crippen molar-refractivity contribution >= 4 is 16.6 Å².